The number of amides is 3. The van der Waals surface area contributed by atoms with Crippen LogP contribution in [0.3, 0.4) is 0 Å². The molecule has 19 heteroatoms. The molecular weight excluding hydrogens is 939 g/mol. The van der Waals surface area contributed by atoms with E-state index in [1.54, 1.807) is 28.8 Å². The molecule has 3 amide bonds. The van der Waals surface area contributed by atoms with E-state index in [1.807, 2.05) is 86.5 Å². The SMILES string of the molecule is CCOc1cc(N2CCC(C(=O)N3CCC(CN4CCN(Cc5ccc(-n6c(C(N)=O)nnc6-c6cc(CC)c(O)cc6O)cc5)CC4)CC3)CC2)ccc1Nc1ncc2c(n1)N(C)c1ccccc1C(=O)N2C. The molecule has 0 unspecified atom stereocenters. The van der Waals surface area contributed by atoms with Crippen molar-refractivity contribution in [3.63, 3.8) is 0 Å². The summed E-state index contributed by atoms with van der Waals surface area (Å²) in [5.41, 5.74) is 12.2. The summed E-state index contributed by atoms with van der Waals surface area (Å²) >= 11 is 0. The number of piperazine rings is 1. The predicted molar refractivity (Wildman–Crippen MR) is 284 cm³/mol. The molecule has 5 N–H and O–H groups in total. The Bertz CT molecular complexity index is 3030. The van der Waals surface area contributed by atoms with E-state index in [-0.39, 0.29) is 35.0 Å². The van der Waals surface area contributed by atoms with Crippen molar-refractivity contribution in [3.05, 3.63) is 108 Å². The van der Waals surface area contributed by atoms with Crippen molar-refractivity contribution < 1.29 is 29.3 Å². The van der Waals surface area contributed by atoms with Crippen LogP contribution in [-0.2, 0) is 17.8 Å². The van der Waals surface area contributed by atoms with Crippen molar-refractivity contribution in [3.8, 4) is 34.3 Å². The number of fused-ring (bicyclic) bond motifs is 2. The van der Waals surface area contributed by atoms with Gasteiger partial charge in [-0.05, 0) is 98.5 Å². The monoisotopic (exact) mass is 1000 g/mol. The molecule has 4 aromatic carbocycles. The number of anilines is 6. The van der Waals surface area contributed by atoms with E-state index in [2.05, 4.69) is 46.2 Å². The van der Waals surface area contributed by atoms with Crippen LogP contribution in [0.25, 0.3) is 17.1 Å². The summed E-state index contributed by atoms with van der Waals surface area (Å²) in [6, 6.07) is 24.4. The first-order chi connectivity index (χ1) is 35.9. The Hall–Kier alpha value is -7.77. The van der Waals surface area contributed by atoms with Gasteiger partial charge >= 0.3 is 0 Å². The maximum Gasteiger partial charge on any atom is 0.287 e. The van der Waals surface area contributed by atoms with Crippen LogP contribution in [0.1, 0.15) is 71.6 Å². The second-order valence-electron chi connectivity index (χ2n) is 19.8. The van der Waals surface area contributed by atoms with E-state index >= 15 is 0 Å². The molecule has 0 bridgehead atoms. The number of nitrogens with one attached hydrogen (secondary N) is 1. The molecule has 6 heterocycles. The molecule has 386 valence electrons. The van der Waals surface area contributed by atoms with Crippen LogP contribution >= 0.6 is 0 Å². The highest BCUT2D eigenvalue weighted by atomic mass is 16.5. The Balaban J connectivity index is 0.678. The lowest BCUT2D eigenvalue weighted by Crippen LogP contribution is -2.49. The van der Waals surface area contributed by atoms with Gasteiger partial charge in [0, 0.05) is 109 Å². The van der Waals surface area contributed by atoms with E-state index < -0.39 is 5.91 Å². The standard InChI is InChI=1S/C55H65N13O6/c1-5-37-29-42(47(70)31-46(37)69)50-60-61-52(49(56)71)68(50)39-13-11-35(12-14-39)33-64-25-27-65(28-26-64)34-36-17-21-67(22-18-36)53(72)38-19-23-66(24-20-38)40-15-16-43(48(30-40)74-6-2)58-55-57-32-45-51(59-55)62(3)44-10-8-7-9-41(44)54(73)63(45)4/h7-16,29-32,36,38,69-70H,5-6,17-28,33-34H2,1-4H3,(H2,56,71)(H,57,58,59). The minimum Gasteiger partial charge on any atom is -0.508 e. The summed E-state index contributed by atoms with van der Waals surface area (Å²) in [6.07, 6.45) is 5.86. The predicted octanol–water partition coefficient (Wildman–Crippen LogP) is 6.57. The number of ether oxygens (including phenoxy) is 1. The second kappa shape index (κ2) is 21.4. The van der Waals surface area contributed by atoms with Gasteiger partial charge in [0.15, 0.2) is 11.6 Å². The van der Waals surface area contributed by atoms with Crippen molar-refractivity contribution in [1.29, 1.82) is 0 Å². The number of benzene rings is 4. The molecule has 2 aromatic heterocycles. The molecule has 0 saturated carbocycles. The minimum absolute atomic E-state index is 0.0159. The van der Waals surface area contributed by atoms with Gasteiger partial charge in [0.05, 0.1) is 35.3 Å². The summed E-state index contributed by atoms with van der Waals surface area (Å²) in [7, 11) is 3.64. The van der Waals surface area contributed by atoms with Crippen LogP contribution in [0.5, 0.6) is 17.2 Å². The maximum atomic E-state index is 13.9. The number of likely N-dealkylation sites (tertiary alicyclic amines) is 1. The van der Waals surface area contributed by atoms with E-state index in [0.29, 0.717) is 70.4 Å². The Morgan fingerprint density at radius 1 is 0.770 bits per heavy atom. The fourth-order valence-electron chi connectivity index (χ4n) is 10.9. The van der Waals surface area contributed by atoms with Crippen LogP contribution < -0.4 is 30.5 Å². The third kappa shape index (κ3) is 10.1. The first-order valence-electron chi connectivity index (χ1n) is 25.8. The third-order valence-electron chi connectivity index (χ3n) is 15.2. The third-order valence-corrected chi connectivity index (χ3v) is 15.2. The van der Waals surface area contributed by atoms with Gasteiger partial charge in [-0.1, -0.05) is 31.2 Å². The van der Waals surface area contributed by atoms with Gasteiger partial charge in [-0.3, -0.25) is 23.9 Å². The van der Waals surface area contributed by atoms with Gasteiger partial charge in [0.1, 0.15) is 22.9 Å². The summed E-state index contributed by atoms with van der Waals surface area (Å²) in [6.45, 7) is 13.2. The number of aromatic hydroxyl groups is 2. The number of rotatable bonds is 14. The van der Waals surface area contributed by atoms with Crippen LogP contribution in [0.15, 0.2) is 85.1 Å². The molecule has 6 aromatic rings. The van der Waals surface area contributed by atoms with Gasteiger partial charge in [-0.15, -0.1) is 10.2 Å². The highest BCUT2D eigenvalue weighted by molar-refractivity contribution is 6.13. The van der Waals surface area contributed by atoms with Crippen molar-refractivity contribution in [2.45, 2.75) is 52.5 Å². The Morgan fingerprint density at radius 2 is 1.49 bits per heavy atom. The van der Waals surface area contributed by atoms with E-state index in [9.17, 15) is 24.6 Å². The zero-order valence-electron chi connectivity index (χ0n) is 42.6. The number of para-hydroxylation sites is 1. The largest absolute Gasteiger partial charge is 0.508 e. The van der Waals surface area contributed by atoms with Crippen LogP contribution in [0, 0.1) is 11.8 Å². The minimum atomic E-state index is -0.746. The van der Waals surface area contributed by atoms with Crippen LogP contribution in [0.2, 0.25) is 0 Å². The highest BCUT2D eigenvalue weighted by Gasteiger charge is 2.33. The van der Waals surface area contributed by atoms with Gasteiger partial charge in [-0.25, -0.2) is 4.98 Å². The zero-order chi connectivity index (χ0) is 51.6. The average molecular weight is 1000 g/mol. The lowest BCUT2D eigenvalue weighted by Gasteiger charge is -2.40. The molecule has 10 rings (SSSR count). The number of nitrogens with zero attached hydrogens (tertiary/aromatic N) is 11. The maximum absolute atomic E-state index is 13.9. The van der Waals surface area contributed by atoms with E-state index in [0.717, 1.165) is 114 Å². The van der Waals surface area contributed by atoms with Crippen molar-refractivity contribution in [1.82, 2.24) is 39.4 Å². The number of aryl methyl sites for hydroxylation is 1. The Kier molecular flexibility index (Phi) is 14.4. The van der Waals surface area contributed by atoms with Gasteiger partial charge in [0.2, 0.25) is 17.7 Å². The fourth-order valence-corrected chi connectivity index (χ4v) is 10.9. The van der Waals surface area contributed by atoms with Crippen molar-refractivity contribution in [2.24, 2.45) is 17.6 Å². The lowest BCUT2D eigenvalue weighted by atomic mass is 9.91. The highest BCUT2D eigenvalue weighted by Crippen LogP contribution is 2.40. The first-order valence-corrected chi connectivity index (χ1v) is 25.8. The van der Waals surface area contributed by atoms with Crippen LogP contribution in [-0.4, -0.2) is 147 Å². The van der Waals surface area contributed by atoms with Crippen molar-refractivity contribution >= 4 is 52.2 Å². The molecule has 0 atom stereocenters. The molecule has 4 aliphatic heterocycles. The zero-order valence-corrected chi connectivity index (χ0v) is 42.6. The Morgan fingerprint density at radius 3 is 2.20 bits per heavy atom. The number of phenolic OH excluding ortho intramolecular Hbond substituents is 2. The molecule has 0 radical (unpaired) electrons. The van der Waals surface area contributed by atoms with E-state index in [4.69, 9.17) is 15.5 Å². The number of nitrogens with two attached hydrogens (primary N) is 1. The number of phenols is 2. The van der Waals surface area contributed by atoms with Gasteiger partial charge in [-0.2, -0.15) is 4.98 Å². The second-order valence-corrected chi connectivity index (χ2v) is 19.8. The molecule has 3 fully saturated rings. The number of primary amides is 1. The summed E-state index contributed by atoms with van der Waals surface area (Å²) in [4.78, 5) is 62.0. The summed E-state index contributed by atoms with van der Waals surface area (Å²) in [5.74, 6) is 1.70. The summed E-state index contributed by atoms with van der Waals surface area (Å²) < 4.78 is 7.68. The van der Waals surface area contributed by atoms with Gasteiger partial charge < -0.3 is 50.5 Å². The molecule has 74 heavy (non-hydrogen) atoms. The van der Waals surface area contributed by atoms with Crippen LogP contribution in [0.4, 0.5) is 34.5 Å². The molecule has 0 aliphatic carbocycles. The number of carbonyl (C=O) groups is 3. The number of hydrogen-bond acceptors (Lipinski definition) is 15. The molecule has 4 aliphatic rings. The number of piperidine rings is 2. The van der Waals surface area contributed by atoms with Gasteiger partial charge in [0.25, 0.3) is 11.8 Å². The average Bonchev–Trinajstić information content (AvgIpc) is 3.85. The lowest BCUT2D eigenvalue weighted by molar-refractivity contribution is -0.137. The fraction of sp³-hybridized carbons (Fsp3) is 0.400. The molecule has 19 nitrogen and oxygen atoms in total. The van der Waals surface area contributed by atoms with Crippen molar-refractivity contribution in [2.75, 3.05) is 99.6 Å². The molecular formula is C55H65N13O6. The normalized spacial score (nSPS) is 17.0. The quantitative estimate of drug-likeness (QED) is 0.0908. The smallest absolute Gasteiger partial charge is 0.287 e. The topological polar surface area (TPSA) is 215 Å². The van der Waals surface area contributed by atoms with E-state index in [1.165, 1.54) is 6.07 Å². The number of hydrogen-bond donors (Lipinski definition) is 4. The number of carbonyl (C=O) groups excluding carboxylic acids is 3. The first kappa shape index (κ1) is 49.8. The Labute approximate surface area is 431 Å². The molecule has 3 saturated heterocycles. The summed E-state index contributed by atoms with van der Waals surface area (Å²) in [5, 5.41) is 32.6. The number of aromatic nitrogens is 5. The molecule has 0 spiro atoms.